The van der Waals surface area contributed by atoms with Gasteiger partial charge in [-0.2, -0.15) is 13.2 Å². The van der Waals surface area contributed by atoms with Crippen LogP contribution in [-0.2, 0) is 22.6 Å². The molecule has 17 heavy (non-hydrogen) atoms. The van der Waals surface area contributed by atoms with Crippen LogP contribution >= 0.6 is 0 Å². The molecule has 96 valence electrons. The molecule has 0 amide bonds. The van der Waals surface area contributed by atoms with Crippen molar-refractivity contribution in [2.75, 3.05) is 5.75 Å². The van der Waals surface area contributed by atoms with Gasteiger partial charge in [0.2, 0.25) is 0 Å². The van der Waals surface area contributed by atoms with E-state index in [1.54, 1.807) is 0 Å². The summed E-state index contributed by atoms with van der Waals surface area (Å²) in [7, 11) is -3.65. The number of hydrogen-bond donors (Lipinski definition) is 1. The molecule has 0 aliphatic rings. The second-order valence-electron chi connectivity index (χ2n) is 3.42. The van der Waals surface area contributed by atoms with Crippen molar-refractivity contribution in [3.63, 3.8) is 0 Å². The number of rotatable bonds is 3. The lowest BCUT2D eigenvalue weighted by Crippen LogP contribution is -2.14. The van der Waals surface area contributed by atoms with Crippen molar-refractivity contribution in [3.05, 3.63) is 29.3 Å². The van der Waals surface area contributed by atoms with Crippen molar-refractivity contribution in [2.24, 2.45) is 5.73 Å². The number of benzene rings is 1. The lowest BCUT2D eigenvalue weighted by molar-refractivity contribution is -0.138. The maximum absolute atomic E-state index is 12.7. The first kappa shape index (κ1) is 14.0. The van der Waals surface area contributed by atoms with Gasteiger partial charge in [0.1, 0.15) is 0 Å². The summed E-state index contributed by atoms with van der Waals surface area (Å²) in [5.74, 6) is -0.244. The lowest BCUT2D eigenvalue weighted by atomic mass is 10.1. The average Bonchev–Trinajstić information content (AvgIpc) is 2.27. The van der Waals surface area contributed by atoms with Crippen LogP contribution in [-0.4, -0.2) is 14.2 Å². The zero-order valence-corrected chi connectivity index (χ0v) is 9.90. The minimum Gasteiger partial charge on any atom is -0.326 e. The molecule has 0 fully saturated rings. The van der Waals surface area contributed by atoms with Crippen LogP contribution in [0.15, 0.2) is 23.1 Å². The van der Waals surface area contributed by atoms with Crippen LogP contribution in [0.4, 0.5) is 13.2 Å². The highest BCUT2D eigenvalue weighted by Gasteiger charge is 2.34. The first-order valence-electron chi connectivity index (χ1n) is 4.85. The monoisotopic (exact) mass is 267 g/mol. The Balaban J connectivity index is 3.44. The fraction of sp³-hybridized carbons (Fsp3) is 0.400. The predicted molar refractivity (Wildman–Crippen MR) is 57.1 cm³/mol. The van der Waals surface area contributed by atoms with Crippen LogP contribution in [0.3, 0.4) is 0 Å². The number of alkyl halides is 3. The predicted octanol–water partition coefficient (Wildman–Crippen LogP) is 1.96. The van der Waals surface area contributed by atoms with Crippen LogP contribution in [0.2, 0.25) is 0 Å². The first-order chi connectivity index (χ1) is 7.72. The van der Waals surface area contributed by atoms with Gasteiger partial charge in [-0.1, -0.05) is 13.0 Å². The molecule has 7 heteroatoms. The second-order valence-corrected chi connectivity index (χ2v) is 5.70. The summed E-state index contributed by atoms with van der Waals surface area (Å²) in [6.07, 6.45) is -4.60. The molecule has 0 saturated heterocycles. The average molecular weight is 267 g/mol. The molecule has 0 heterocycles. The van der Waals surface area contributed by atoms with Crippen molar-refractivity contribution in [1.82, 2.24) is 0 Å². The summed E-state index contributed by atoms with van der Waals surface area (Å²) in [5.41, 5.74) is 4.08. The van der Waals surface area contributed by atoms with E-state index in [0.717, 1.165) is 12.1 Å². The van der Waals surface area contributed by atoms with Crippen molar-refractivity contribution in [3.8, 4) is 0 Å². The van der Waals surface area contributed by atoms with Gasteiger partial charge in [-0.25, -0.2) is 8.42 Å². The fourth-order valence-electron chi connectivity index (χ4n) is 1.36. The molecule has 3 nitrogen and oxygen atoms in total. The maximum atomic E-state index is 12.7. The number of sulfone groups is 1. The van der Waals surface area contributed by atoms with Gasteiger partial charge < -0.3 is 5.73 Å². The number of hydrogen-bond acceptors (Lipinski definition) is 3. The zero-order valence-electron chi connectivity index (χ0n) is 9.08. The van der Waals surface area contributed by atoms with Gasteiger partial charge in [0, 0.05) is 6.54 Å². The van der Waals surface area contributed by atoms with Crippen LogP contribution in [0.25, 0.3) is 0 Å². The van der Waals surface area contributed by atoms with Gasteiger partial charge in [0.15, 0.2) is 9.84 Å². The van der Waals surface area contributed by atoms with E-state index in [1.165, 1.54) is 6.92 Å². The molecule has 2 N–H and O–H groups in total. The molecule has 1 aromatic rings. The minimum absolute atomic E-state index is 0.118. The van der Waals surface area contributed by atoms with Crippen LogP contribution in [0.5, 0.6) is 0 Å². The molecule has 0 aliphatic heterocycles. The Morgan fingerprint density at radius 3 is 2.29 bits per heavy atom. The Morgan fingerprint density at radius 2 is 1.88 bits per heavy atom. The van der Waals surface area contributed by atoms with E-state index in [4.69, 9.17) is 5.73 Å². The van der Waals surface area contributed by atoms with Crippen LogP contribution in [0.1, 0.15) is 18.1 Å². The molecule has 0 aromatic heterocycles. The van der Waals surface area contributed by atoms with Gasteiger partial charge in [0.05, 0.1) is 16.2 Å². The maximum Gasteiger partial charge on any atom is 0.416 e. The molecule has 0 radical (unpaired) electrons. The second kappa shape index (κ2) is 4.66. The van der Waals surface area contributed by atoms with E-state index in [0.29, 0.717) is 6.07 Å². The van der Waals surface area contributed by atoms with E-state index in [-0.39, 0.29) is 22.8 Å². The SMILES string of the molecule is CCS(=O)(=O)c1ccc(CN)c(C(F)(F)F)c1. The third kappa shape index (κ3) is 2.98. The molecule has 1 rings (SSSR count). The highest BCUT2D eigenvalue weighted by molar-refractivity contribution is 7.91. The summed E-state index contributed by atoms with van der Waals surface area (Å²) in [4.78, 5) is -0.329. The Kier molecular flexibility index (Phi) is 3.83. The highest BCUT2D eigenvalue weighted by atomic mass is 32.2. The molecule has 0 spiro atoms. The van der Waals surface area contributed by atoms with E-state index < -0.39 is 21.6 Å². The summed E-state index contributed by atoms with van der Waals surface area (Å²) >= 11 is 0. The Hall–Kier alpha value is -1.08. The minimum atomic E-state index is -4.60. The van der Waals surface area contributed by atoms with Gasteiger partial charge in [-0.3, -0.25) is 0 Å². The standard InChI is InChI=1S/C10H12F3NO2S/c1-2-17(15,16)8-4-3-7(6-14)9(5-8)10(11,12)13/h3-5H,2,6,14H2,1H3. The smallest absolute Gasteiger partial charge is 0.326 e. The Morgan fingerprint density at radius 1 is 1.29 bits per heavy atom. The van der Waals surface area contributed by atoms with Crippen molar-refractivity contribution < 1.29 is 21.6 Å². The number of nitrogens with two attached hydrogens (primary N) is 1. The molecule has 0 unspecified atom stereocenters. The normalized spacial score (nSPS) is 12.8. The van der Waals surface area contributed by atoms with E-state index in [2.05, 4.69) is 0 Å². The summed E-state index contributed by atoms with van der Waals surface area (Å²) in [6, 6.07) is 2.89. The fourth-order valence-corrected chi connectivity index (χ4v) is 2.26. The molecule has 0 saturated carbocycles. The Labute approximate surface area is 97.4 Å². The molecular weight excluding hydrogens is 255 g/mol. The van der Waals surface area contributed by atoms with Gasteiger partial charge in [-0.05, 0) is 17.7 Å². The summed E-state index contributed by atoms with van der Waals surface area (Å²) < 4.78 is 60.9. The topological polar surface area (TPSA) is 60.2 Å². The molecule has 0 atom stereocenters. The van der Waals surface area contributed by atoms with Crippen molar-refractivity contribution >= 4 is 9.84 Å². The van der Waals surface area contributed by atoms with Gasteiger partial charge >= 0.3 is 6.18 Å². The molecule has 1 aromatic carbocycles. The number of halogens is 3. The third-order valence-electron chi connectivity index (χ3n) is 2.35. The third-order valence-corrected chi connectivity index (χ3v) is 4.08. The van der Waals surface area contributed by atoms with Crippen LogP contribution in [0, 0.1) is 0 Å². The highest BCUT2D eigenvalue weighted by Crippen LogP contribution is 2.33. The van der Waals surface area contributed by atoms with Crippen molar-refractivity contribution in [2.45, 2.75) is 24.5 Å². The van der Waals surface area contributed by atoms with E-state index in [1.807, 2.05) is 0 Å². The van der Waals surface area contributed by atoms with Crippen LogP contribution < -0.4 is 5.73 Å². The van der Waals surface area contributed by atoms with E-state index in [9.17, 15) is 21.6 Å². The first-order valence-corrected chi connectivity index (χ1v) is 6.50. The summed E-state index contributed by atoms with van der Waals surface area (Å²) in [6.45, 7) is 1.08. The van der Waals surface area contributed by atoms with Gasteiger partial charge in [0.25, 0.3) is 0 Å². The molecule has 0 aliphatic carbocycles. The lowest BCUT2D eigenvalue weighted by Gasteiger charge is -2.13. The Bertz CT molecular complexity index is 509. The molecule has 0 bridgehead atoms. The van der Waals surface area contributed by atoms with E-state index >= 15 is 0 Å². The summed E-state index contributed by atoms with van der Waals surface area (Å²) in [5, 5.41) is 0. The van der Waals surface area contributed by atoms with Gasteiger partial charge in [-0.15, -0.1) is 0 Å². The quantitative estimate of drug-likeness (QED) is 0.910. The molecular formula is C10H12F3NO2S. The zero-order chi connectivity index (χ0) is 13.3. The van der Waals surface area contributed by atoms with Crippen molar-refractivity contribution in [1.29, 1.82) is 0 Å². The largest absolute Gasteiger partial charge is 0.416 e.